The van der Waals surface area contributed by atoms with Gasteiger partial charge in [-0.2, -0.15) is 4.37 Å². The number of aromatic nitrogens is 2. The molecule has 1 aromatic carbocycles. The van der Waals surface area contributed by atoms with Gasteiger partial charge in [-0.25, -0.2) is 4.98 Å². The largest absolute Gasteiger partial charge is 0.497 e. The predicted octanol–water partition coefficient (Wildman–Crippen LogP) is 3.51. The van der Waals surface area contributed by atoms with Crippen molar-refractivity contribution in [1.82, 2.24) is 14.7 Å². The van der Waals surface area contributed by atoms with E-state index in [9.17, 15) is 4.79 Å². The Labute approximate surface area is 171 Å². The van der Waals surface area contributed by atoms with Gasteiger partial charge in [-0.3, -0.25) is 4.79 Å². The number of anilines is 1. The lowest BCUT2D eigenvalue weighted by molar-refractivity contribution is -0.126. The fourth-order valence-electron chi connectivity index (χ4n) is 3.25. The lowest BCUT2D eigenvalue weighted by Crippen LogP contribution is -2.44. The standard InChI is InChI=1S/C21H30N4O2S/c1-14(2)15(3)22-20(26)17-8-10-25(11-9-17)21-23-19(24-28-21)13-16-6-5-7-18(12-16)27-4/h5-7,12,14-15,17H,8-11,13H2,1-4H3,(H,22,26)/t15-/m0/s1. The molecule has 1 saturated heterocycles. The molecule has 28 heavy (non-hydrogen) atoms. The number of ether oxygens (including phenoxy) is 1. The van der Waals surface area contributed by atoms with Crippen LogP contribution in [0.4, 0.5) is 5.13 Å². The first-order chi connectivity index (χ1) is 13.5. The molecule has 2 heterocycles. The Morgan fingerprint density at radius 2 is 2.07 bits per heavy atom. The Bertz CT molecular complexity index is 784. The summed E-state index contributed by atoms with van der Waals surface area (Å²) < 4.78 is 9.80. The number of nitrogens with one attached hydrogen (secondary N) is 1. The average Bonchev–Trinajstić information content (AvgIpc) is 3.16. The summed E-state index contributed by atoms with van der Waals surface area (Å²) in [6.45, 7) is 8.03. The number of carbonyl (C=O) groups excluding carboxylic acids is 1. The quantitative estimate of drug-likeness (QED) is 0.768. The van der Waals surface area contributed by atoms with Gasteiger partial charge >= 0.3 is 0 Å². The first-order valence-electron chi connectivity index (χ1n) is 9.97. The first-order valence-corrected chi connectivity index (χ1v) is 10.7. The fraction of sp³-hybridized carbons (Fsp3) is 0.571. The summed E-state index contributed by atoms with van der Waals surface area (Å²) in [5.41, 5.74) is 1.14. The second-order valence-electron chi connectivity index (χ2n) is 7.82. The van der Waals surface area contributed by atoms with Gasteiger partial charge in [-0.1, -0.05) is 26.0 Å². The molecule has 3 rings (SSSR count). The van der Waals surface area contributed by atoms with E-state index in [-0.39, 0.29) is 17.9 Å². The molecular formula is C21H30N4O2S. The molecule has 1 atom stereocenters. The maximum absolute atomic E-state index is 12.5. The van der Waals surface area contributed by atoms with Gasteiger partial charge in [-0.05, 0) is 43.4 Å². The molecule has 1 aliphatic heterocycles. The number of methoxy groups -OCH3 is 1. The molecule has 7 heteroatoms. The van der Waals surface area contributed by atoms with E-state index < -0.39 is 0 Å². The fourth-order valence-corrected chi connectivity index (χ4v) is 3.99. The highest BCUT2D eigenvalue weighted by molar-refractivity contribution is 7.09. The van der Waals surface area contributed by atoms with Crippen molar-refractivity contribution in [2.75, 3.05) is 25.1 Å². The monoisotopic (exact) mass is 402 g/mol. The summed E-state index contributed by atoms with van der Waals surface area (Å²) in [5.74, 6) is 2.42. The molecule has 1 aromatic heterocycles. The smallest absolute Gasteiger partial charge is 0.223 e. The highest BCUT2D eigenvalue weighted by Crippen LogP contribution is 2.26. The average molecular weight is 403 g/mol. The summed E-state index contributed by atoms with van der Waals surface area (Å²) in [5, 5.41) is 4.10. The maximum atomic E-state index is 12.5. The Hall–Kier alpha value is -2.15. The highest BCUT2D eigenvalue weighted by Gasteiger charge is 2.27. The molecule has 1 fully saturated rings. The van der Waals surface area contributed by atoms with Crippen molar-refractivity contribution in [2.24, 2.45) is 11.8 Å². The number of nitrogens with zero attached hydrogens (tertiary/aromatic N) is 3. The number of piperidine rings is 1. The van der Waals surface area contributed by atoms with Crippen LogP contribution in [0.2, 0.25) is 0 Å². The second kappa shape index (κ2) is 9.37. The van der Waals surface area contributed by atoms with Crippen LogP contribution < -0.4 is 15.0 Å². The van der Waals surface area contributed by atoms with Gasteiger partial charge in [-0.15, -0.1) is 0 Å². The lowest BCUT2D eigenvalue weighted by Gasteiger charge is -2.31. The molecule has 6 nitrogen and oxygen atoms in total. The Morgan fingerprint density at radius 1 is 1.32 bits per heavy atom. The minimum atomic E-state index is 0.0987. The number of hydrogen-bond donors (Lipinski definition) is 1. The van der Waals surface area contributed by atoms with Gasteiger partial charge in [0.2, 0.25) is 11.0 Å². The normalized spacial score (nSPS) is 16.2. The van der Waals surface area contributed by atoms with Crippen LogP contribution >= 0.6 is 11.5 Å². The number of rotatable bonds is 7. The first kappa shape index (κ1) is 20.6. The van der Waals surface area contributed by atoms with Crippen LogP contribution in [-0.2, 0) is 11.2 Å². The van der Waals surface area contributed by atoms with Crippen molar-refractivity contribution in [3.8, 4) is 5.75 Å². The molecule has 1 amide bonds. The molecule has 0 aliphatic carbocycles. The molecule has 0 unspecified atom stereocenters. The van der Waals surface area contributed by atoms with Crippen LogP contribution in [0.15, 0.2) is 24.3 Å². The molecule has 2 aromatic rings. The molecule has 0 saturated carbocycles. The van der Waals surface area contributed by atoms with Crippen molar-refractivity contribution in [3.63, 3.8) is 0 Å². The Balaban J connectivity index is 1.53. The predicted molar refractivity (Wildman–Crippen MR) is 113 cm³/mol. The minimum absolute atomic E-state index is 0.0987. The number of hydrogen-bond acceptors (Lipinski definition) is 6. The van der Waals surface area contributed by atoms with Gasteiger partial charge in [0.25, 0.3) is 0 Å². The second-order valence-corrected chi connectivity index (χ2v) is 8.55. The number of benzene rings is 1. The zero-order chi connectivity index (χ0) is 20.1. The topological polar surface area (TPSA) is 67.3 Å². The molecular weight excluding hydrogens is 372 g/mol. The Morgan fingerprint density at radius 3 is 2.75 bits per heavy atom. The summed E-state index contributed by atoms with van der Waals surface area (Å²) in [4.78, 5) is 19.4. The van der Waals surface area contributed by atoms with Gasteiger partial charge in [0.15, 0.2) is 0 Å². The SMILES string of the molecule is COc1cccc(Cc2nsc(N3CCC(C(=O)N[C@@H](C)C(C)C)CC3)n2)c1. The van der Waals surface area contributed by atoms with Crippen LogP contribution in [0.5, 0.6) is 5.75 Å². The van der Waals surface area contributed by atoms with Crippen LogP contribution in [0.3, 0.4) is 0 Å². The van der Waals surface area contributed by atoms with Gasteiger partial charge < -0.3 is 15.0 Å². The molecule has 0 bridgehead atoms. The van der Waals surface area contributed by atoms with E-state index in [1.54, 1.807) is 7.11 Å². The highest BCUT2D eigenvalue weighted by atomic mass is 32.1. The summed E-state index contributed by atoms with van der Waals surface area (Å²) in [7, 11) is 1.67. The van der Waals surface area contributed by atoms with Crippen molar-refractivity contribution in [2.45, 2.75) is 46.1 Å². The van der Waals surface area contributed by atoms with E-state index in [1.807, 2.05) is 18.2 Å². The van der Waals surface area contributed by atoms with E-state index >= 15 is 0 Å². The van der Waals surface area contributed by atoms with Crippen molar-refractivity contribution in [3.05, 3.63) is 35.7 Å². The molecule has 1 aliphatic rings. The van der Waals surface area contributed by atoms with E-state index in [0.29, 0.717) is 12.3 Å². The van der Waals surface area contributed by atoms with Gasteiger partial charge in [0.1, 0.15) is 11.6 Å². The zero-order valence-corrected chi connectivity index (χ0v) is 18.0. The molecule has 0 radical (unpaired) electrons. The van der Waals surface area contributed by atoms with E-state index in [0.717, 1.165) is 48.2 Å². The summed E-state index contributed by atoms with van der Waals surface area (Å²) in [6, 6.07) is 8.21. The van der Waals surface area contributed by atoms with Crippen molar-refractivity contribution in [1.29, 1.82) is 0 Å². The van der Waals surface area contributed by atoms with Crippen LogP contribution in [0.25, 0.3) is 0 Å². The minimum Gasteiger partial charge on any atom is -0.497 e. The maximum Gasteiger partial charge on any atom is 0.223 e. The van der Waals surface area contributed by atoms with Crippen molar-refractivity contribution >= 4 is 22.6 Å². The third-order valence-corrected chi connectivity index (χ3v) is 6.27. The van der Waals surface area contributed by atoms with E-state index in [1.165, 1.54) is 11.5 Å². The van der Waals surface area contributed by atoms with Gasteiger partial charge in [0, 0.05) is 43.0 Å². The third-order valence-electron chi connectivity index (χ3n) is 5.46. The third kappa shape index (κ3) is 5.22. The zero-order valence-electron chi connectivity index (χ0n) is 17.1. The summed E-state index contributed by atoms with van der Waals surface area (Å²) in [6.07, 6.45) is 2.42. The van der Waals surface area contributed by atoms with E-state index in [2.05, 4.69) is 41.4 Å². The van der Waals surface area contributed by atoms with Crippen LogP contribution in [-0.4, -0.2) is 41.5 Å². The van der Waals surface area contributed by atoms with Crippen molar-refractivity contribution < 1.29 is 9.53 Å². The van der Waals surface area contributed by atoms with Crippen LogP contribution in [0.1, 0.15) is 45.0 Å². The summed E-state index contributed by atoms with van der Waals surface area (Å²) >= 11 is 1.44. The molecule has 0 spiro atoms. The Kier molecular flexibility index (Phi) is 6.88. The number of carbonyl (C=O) groups is 1. The number of amides is 1. The van der Waals surface area contributed by atoms with Crippen LogP contribution in [0, 0.1) is 11.8 Å². The molecule has 152 valence electrons. The van der Waals surface area contributed by atoms with Gasteiger partial charge in [0.05, 0.1) is 7.11 Å². The van der Waals surface area contributed by atoms with E-state index in [4.69, 9.17) is 9.72 Å². The molecule has 1 N–H and O–H groups in total. The lowest BCUT2D eigenvalue weighted by atomic mass is 9.95.